The zero-order valence-corrected chi connectivity index (χ0v) is 22.7. The minimum Gasteiger partial charge on any atom is -0.462 e. The lowest BCUT2D eigenvalue weighted by Gasteiger charge is -2.44. The van der Waals surface area contributed by atoms with E-state index in [1.807, 2.05) is 25.1 Å². The third kappa shape index (κ3) is 4.79. The molecule has 0 bridgehead atoms. The number of esters is 3. The summed E-state index contributed by atoms with van der Waals surface area (Å²) in [4.78, 5) is 42.2. The highest BCUT2D eigenvalue weighted by Gasteiger charge is 2.67. The van der Waals surface area contributed by atoms with Crippen molar-refractivity contribution >= 4 is 23.6 Å². The number of rotatable bonds is 5. The maximum Gasteiger partial charge on any atom is 0.311 e. The normalized spacial score (nSPS) is 39.1. The maximum atomic E-state index is 13.3. The van der Waals surface area contributed by atoms with E-state index < -0.39 is 47.7 Å². The van der Waals surface area contributed by atoms with Gasteiger partial charge in [0.25, 0.3) is 0 Å². The van der Waals surface area contributed by atoms with Gasteiger partial charge in [0.2, 0.25) is 0 Å². The average molecular weight is 529 g/mol. The molecule has 0 radical (unpaired) electrons. The van der Waals surface area contributed by atoms with Gasteiger partial charge < -0.3 is 24.2 Å². The number of benzene rings is 1. The number of carbonyl (C=O) groups excluding carboxylic acids is 3. The average Bonchev–Trinajstić information content (AvgIpc) is 3.26. The quantitative estimate of drug-likeness (QED) is 0.455. The van der Waals surface area contributed by atoms with Crippen molar-refractivity contribution in [3.63, 3.8) is 0 Å². The topological polar surface area (TPSA) is 106 Å². The van der Waals surface area contributed by atoms with E-state index >= 15 is 0 Å². The van der Waals surface area contributed by atoms with Crippen molar-refractivity contribution in [1.29, 1.82) is 0 Å². The van der Waals surface area contributed by atoms with Gasteiger partial charge in [-0.15, -0.1) is 0 Å². The first-order valence-electron chi connectivity index (χ1n) is 13.8. The minimum atomic E-state index is -0.886. The molecular formula is C29H40N2O7. The van der Waals surface area contributed by atoms with E-state index in [1.54, 1.807) is 0 Å². The van der Waals surface area contributed by atoms with Gasteiger partial charge in [-0.2, -0.15) is 0 Å². The summed E-state index contributed by atoms with van der Waals surface area (Å²) in [6, 6.07) is 10.3. The number of carbonyl (C=O) groups is 3. The van der Waals surface area contributed by atoms with Crippen LogP contribution in [0.15, 0.2) is 30.3 Å². The molecule has 208 valence electrons. The van der Waals surface area contributed by atoms with Crippen LogP contribution in [0.3, 0.4) is 0 Å². The van der Waals surface area contributed by atoms with Crippen molar-refractivity contribution in [3.8, 4) is 0 Å². The summed E-state index contributed by atoms with van der Waals surface area (Å²) in [7, 11) is 0. The standard InChI is InChI=1S/C29H40N2O7/c1-17-14-22-25(27(37-19(3)33)29(4)24(34)15-23(26(17)29)36-18(2)32)21(28(35)38-22)16-30-10-12-31(13-11-30)20-8-6-5-7-9-20/h5-9,17,21-27,34H,10-16H2,1-4H3/t17-,21-,22+,23-,24-,25+,26-,27-,29-/m0/s1. The number of piperazine rings is 1. The lowest BCUT2D eigenvalue weighted by atomic mass is 9.66. The smallest absolute Gasteiger partial charge is 0.311 e. The summed E-state index contributed by atoms with van der Waals surface area (Å²) < 4.78 is 17.7. The van der Waals surface area contributed by atoms with Crippen LogP contribution in [0.1, 0.15) is 40.5 Å². The molecule has 0 amide bonds. The van der Waals surface area contributed by atoms with Crippen LogP contribution in [0.2, 0.25) is 0 Å². The number of para-hydroxylation sites is 1. The molecule has 9 nitrogen and oxygen atoms in total. The second kappa shape index (κ2) is 10.5. The number of nitrogens with zero attached hydrogens (tertiary/aromatic N) is 2. The summed E-state index contributed by atoms with van der Waals surface area (Å²) in [6.45, 7) is 10.5. The Bertz CT molecular complexity index is 1040. The van der Waals surface area contributed by atoms with E-state index in [1.165, 1.54) is 19.5 Å². The second-order valence-corrected chi connectivity index (χ2v) is 11.8. The Morgan fingerprint density at radius 3 is 2.34 bits per heavy atom. The fourth-order valence-corrected chi connectivity index (χ4v) is 7.89. The number of ether oxygens (including phenoxy) is 3. The Kier molecular flexibility index (Phi) is 7.44. The SMILES string of the molecule is CC(=O)O[C@H]1C[C@H](O)[C@@]2(C)[C@H]1[C@@H](C)C[C@H]1OC(=O)[C@@H](CN3CCN(c4ccccc4)CC3)[C@H]1[C@@H]2OC(C)=O. The molecular weight excluding hydrogens is 488 g/mol. The van der Waals surface area contributed by atoms with E-state index in [-0.39, 0.29) is 30.1 Å². The first-order valence-corrected chi connectivity index (χ1v) is 13.8. The number of aliphatic hydroxyl groups excluding tert-OH is 1. The van der Waals surface area contributed by atoms with Crippen molar-refractivity contribution in [2.45, 2.75) is 65.0 Å². The fourth-order valence-electron chi connectivity index (χ4n) is 7.89. The molecule has 2 aliphatic carbocycles. The second-order valence-electron chi connectivity index (χ2n) is 11.8. The highest BCUT2D eigenvalue weighted by Crippen LogP contribution is 2.59. The van der Waals surface area contributed by atoms with Crippen LogP contribution < -0.4 is 4.90 Å². The number of hydrogen-bond donors (Lipinski definition) is 1. The number of anilines is 1. The summed E-state index contributed by atoms with van der Waals surface area (Å²) in [5.41, 5.74) is 0.305. The largest absolute Gasteiger partial charge is 0.462 e. The molecule has 2 aliphatic heterocycles. The van der Waals surface area contributed by atoms with Gasteiger partial charge in [-0.25, -0.2) is 0 Å². The van der Waals surface area contributed by atoms with Gasteiger partial charge in [0.05, 0.1) is 12.0 Å². The van der Waals surface area contributed by atoms with Gasteiger partial charge >= 0.3 is 17.9 Å². The minimum absolute atomic E-state index is 0.0180. The Morgan fingerprint density at radius 1 is 1.05 bits per heavy atom. The summed E-state index contributed by atoms with van der Waals surface area (Å²) in [5.74, 6) is -2.23. The first-order chi connectivity index (χ1) is 18.1. The molecule has 9 heteroatoms. The van der Waals surface area contributed by atoms with Crippen LogP contribution in [-0.2, 0) is 28.6 Å². The molecule has 0 aromatic heterocycles. The molecule has 2 heterocycles. The summed E-state index contributed by atoms with van der Waals surface area (Å²) >= 11 is 0. The van der Waals surface area contributed by atoms with Crippen molar-refractivity contribution in [3.05, 3.63) is 30.3 Å². The zero-order valence-electron chi connectivity index (χ0n) is 22.7. The highest BCUT2D eigenvalue weighted by atomic mass is 16.6. The van der Waals surface area contributed by atoms with Crippen molar-refractivity contribution in [2.24, 2.45) is 29.1 Å². The van der Waals surface area contributed by atoms with Crippen LogP contribution in [0.4, 0.5) is 5.69 Å². The number of aliphatic hydroxyl groups is 1. The molecule has 4 aliphatic rings. The van der Waals surface area contributed by atoms with Gasteiger partial charge in [0.15, 0.2) is 0 Å². The van der Waals surface area contributed by atoms with Gasteiger partial charge in [-0.3, -0.25) is 19.3 Å². The maximum absolute atomic E-state index is 13.3. The fraction of sp³-hybridized carbons (Fsp3) is 0.690. The molecule has 5 rings (SSSR count). The number of hydrogen-bond acceptors (Lipinski definition) is 9. The lowest BCUT2D eigenvalue weighted by molar-refractivity contribution is -0.174. The monoisotopic (exact) mass is 528 g/mol. The molecule has 0 unspecified atom stereocenters. The van der Waals surface area contributed by atoms with E-state index in [0.717, 1.165) is 26.2 Å². The molecule has 2 saturated carbocycles. The van der Waals surface area contributed by atoms with Crippen molar-refractivity contribution in [2.75, 3.05) is 37.6 Å². The summed E-state index contributed by atoms with van der Waals surface area (Å²) in [6.07, 6.45) is -1.66. The third-order valence-corrected chi connectivity index (χ3v) is 9.50. The lowest BCUT2D eigenvalue weighted by Crippen LogP contribution is -2.54. The Balaban J connectivity index is 1.40. The molecule has 38 heavy (non-hydrogen) atoms. The first kappa shape index (κ1) is 26.9. The molecule has 9 atom stereocenters. The van der Waals surface area contributed by atoms with Gasteiger partial charge in [-0.05, 0) is 24.5 Å². The molecule has 1 aromatic rings. The van der Waals surface area contributed by atoms with Gasteiger partial charge in [0, 0.05) is 75.9 Å². The third-order valence-electron chi connectivity index (χ3n) is 9.50. The van der Waals surface area contributed by atoms with Crippen molar-refractivity contribution < 1.29 is 33.7 Å². The molecule has 1 aromatic carbocycles. The van der Waals surface area contributed by atoms with E-state index in [4.69, 9.17) is 14.2 Å². The Morgan fingerprint density at radius 2 is 1.71 bits per heavy atom. The Hall–Kier alpha value is -2.65. The molecule has 0 spiro atoms. The van der Waals surface area contributed by atoms with Crippen LogP contribution in [-0.4, -0.2) is 85.1 Å². The van der Waals surface area contributed by atoms with Crippen LogP contribution in [0, 0.1) is 29.1 Å². The molecule has 4 fully saturated rings. The van der Waals surface area contributed by atoms with Gasteiger partial charge in [0.1, 0.15) is 18.3 Å². The predicted octanol–water partition coefficient (Wildman–Crippen LogP) is 2.26. The van der Waals surface area contributed by atoms with Crippen LogP contribution in [0.25, 0.3) is 0 Å². The number of fused-ring (bicyclic) bond motifs is 2. The zero-order chi connectivity index (χ0) is 27.2. The van der Waals surface area contributed by atoms with E-state index in [9.17, 15) is 19.5 Å². The van der Waals surface area contributed by atoms with Crippen LogP contribution >= 0.6 is 0 Å². The van der Waals surface area contributed by atoms with Gasteiger partial charge in [-0.1, -0.05) is 32.0 Å². The highest BCUT2D eigenvalue weighted by molar-refractivity contribution is 5.76. The Labute approximate surface area is 224 Å². The molecule has 2 saturated heterocycles. The van der Waals surface area contributed by atoms with Crippen LogP contribution in [0.5, 0.6) is 0 Å². The molecule has 1 N–H and O–H groups in total. The van der Waals surface area contributed by atoms with Crippen molar-refractivity contribution in [1.82, 2.24) is 4.90 Å². The van der Waals surface area contributed by atoms with E-state index in [2.05, 4.69) is 28.9 Å². The summed E-state index contributed by atoms with van der Waals surface area (Å²) in [5, 5.41) is 11.4. The van der Waals surface area contributed by atoms with E-state index in [0.29, 0.717) is 13.0 Å². The predicted molar refractivity (Wildman–Crippen MR) is 139 cm³/mol.